The fourth-order valence-corrected chi connectivity index (χ4v) is 1.92. The van der Waals surface area contributed by atoms with Gasteiger partial charge in [0, 0.05) is 6.54 Å². The number of unbranched alkanes of at least 4 members (excludes halogenated alkanes) is 8. The Morgan fingerprint density at radius 1 is 1.05 bits per heavy atom. The van der Waals surface area contributed by atoms with Gasteiger partial charge in [0.05, 0.1) is 13.5 Å². The van der Waals surface area contributed by atoms with E-state index >= 15 is 0 Å². The average Bonchev–Trinajstić information content (AvgIpc) is 2.43. The van der Waals surface area contributed by atoms with Crippen LogP contribution in [-0.4, -0.2) is 19.6 Å². The zero-order chi connectivity index (χ0) is 14.2. The highest BCUT2D eigenvalue weighted by Crippen LogP contribution is 2.09. The minimum absolute atomic E-state index is 0.163. The topological polar surface area (TPSA) is 38.3 Å². The molecule has 0 heterocycles. The van der Waals surface area contributed by atoms with Crippen LogP contribution >= 0.6 is 0 Å². The van der Waals surface area contributed by atoms with Crippen molar-refractivity contribution >= 4 is 5.97 Å². The number of methoxy groups -OCH3 is 1. The van der Waals surface area contributed by atoms with Gasteiger partial charge in [-0.15, -0.1) is 0 Å². The molecular formula is C16H31NO2. The van der Waals surface area contributed by atoms with Crippen LogP contribution in [0.25, 0.3) is 0 Å². The standard InChI is InChI=1S/C16H31NO2/c1-3-4-5-6-7-8-9-10-11-12-14-17-15-13-16(18)19-2/h12,14,17H,3-11,13,15H2,1-2H3. The molecule has 0 radical (unpaired) electrons. The lowest BCUT2D eigenvalue weighted by Gasteiger charge is -2.00. The van der Waals surface area contributed by atoms with Gasteiger partial charge in [0.15, 0.2) is 0 Å². The lowest BCUT2D eigenvalue weighted by Crippen LogP contribution is -2.12. The van der Waals surface area contributed by atoms with Crippen molar-refractivity contribution in [3.05, 3.63) is 12.3 Å². The van der Waals surface area contributed by atoms with Gasteiger partial charge >= 0.3 is 5.97 Å². The molecule has 0 amide bonds. The fourth-order valence-electron chi connectivity index (χ4n) is 1.92. The predicted molar refractivity (Wildman–Crippen MR) is 81.0 cm³/mol. The molecule has 0 saturated heterocycles. The Labute approximate surface area is 118 Å². The maximum absolute atomic E-state index is 10.8. The zero-order valence-electron chi connectivity index (χ0n) is 12.7. The molecule has 1 N–H and O–H groups in total. The molecule has 0 bridgehead atoms. The maximum Gasteiger partial charge on any atom is 0.307 e. The highest BCUT2D eigenvalue weighted by Gasteiger charge is 1.96. The third-order valence-corrected chi connectivity index (χ3v) is 3.16. The Balaban J connectivity index is 3.10. The summed E-state index contributed by atoms with van der Waals surface area (Å²) in [6.45, 7) is 2.91. The number of carbonyl (C=O) groups is 1. The summed E-state index contributed by atoms with van der Waals surface area (Å²) < 4.78 is 4.55. The second-order valence-electron chi connectivity index (χ2n) is 4.95. The molecule has 0 aromatic carbocycles. The van der Waals surface area contributed by atoms with Crippen LogP contribution in [0.4, 0.5) is 0 Å². The Hall–Kier alpha value is -0.990. The van der Waals surface area contributed by atoms with Gasteiger partial charge in [-0.3, -0.25) is 4.79 Å². The molecule has 3 nitrogen and oxygen atoms in total. The van der Waals surface area contributed by atoms with Crippen LogP contribution in [0.1, 0.15) is 71.1 Å². The van der Waals surface area contributed by atoms with Gasteiger partial charge in [-0.2, -0.15) is 0 Å². The van der Waals surface area contributed by atoms with Gasteiger partial charge in [-0.05, 0) is 19.0 Å². The summed E-state index contributed by atoms with van der Waals surface area (Å²) in [5, 5.41) is 3.09. The molecule has 112 valence electrons. The first-order chi connectivity index (χ1) is 9.31. The van der Waals surface area contributed by atoms with Crippen molar-refractivity contribution in [2.75, 3.05) is 13.7 Å². The van der Waals surface area contributed by atoms with Gasteiger partial charge < -0.3 is 10.1 Å². The number of allylic oxidation sites excluding steroid dienone is 1. The first-order valence-electron chi connectivity index (χ1n) is 7.76. The molecule has 0 aromatic rings. The van der Waals surface area contributed by atoms with Crippen LogP contribution in [-0.2, 0) is 9.53 Å². The van der Waals surface area contributed by atoms with Crippen molar-refractivity contribution < 1.29 is 9.53 Å². The van der Waals surface area contributed by atoms with Crippen molar-refractivity contribution in [3.63, 3.8) is 0 Å². The predicted octanol–water partition coefficient (Wildman–Crippen LogP) is 4.18. The van der Waals surface area contributed by atoms with E-state index in [1.54, 1.807) is 0 Å². The van der Waals surface area contributed by atoms with Crippen molar-refractivity contribution in [1.29, 1.82) is 0 Å². The van der Waals surface area contributed by atoms with Gasteiger partial charge in [-0.1, -0.05) is 57.9 Å². The number of hydrogen-bond donors (Lipinski definition) is 1. The summed E-state index contributed by atoms with van der Waals surface area (Å²) in [6.07, 6.45) is 16.5. The zero-order valence-corrected chi connectivity index (χ0v) is 12.7. The Bertz CT molecular complexity index is 227. The molecule has 0 aliphatic carbocycles. The fraction of sp³-hybridized carbons (Fsp3) is 0.812. The van der Waals surface area contributed by atoms with Crippen molar-refractivity contribution in [3.8, 4) is 0 Å². The third-order valence-electron chi connectivity index (χ3n) is 3.16. The molecule has 0 aromatic heterocycles. The SMILES string of the molecule is CCCCCCCCCCC=CNCCC(=O)OC. The van der Waals surface area contributed by atoms with Crippen molar-refractivity contribution in [2.24, 2.45) is 0 Å². The molecule has 3 heteroatoms. The highest BCUT2D eigenvalue weighted by molar-refractivity contribution is 5.69. The molecule has 19 heavy (non-hydrogen) atoms. The summed E-state index contributed by atoms with van der Waals surface area (Å²) in [5.74, 6) is -0.163. The van der Waals surface area contributed by atoms with Crippen molar-refractivity contribution in [2.45, 2.75) is 71.1 Å². The molecule has 0 spiro atoms. The third kappa shape index (κ3) is 15.0. The Kier molecular flexibility index (Phi) is 14.3. The Morgan fingerprint density at radius 3 is 2.32 bits per heavy atom. The lowest BCUT2D eigenvalue weighted by molar-refractivity contribution is -0.140. The summed E-state index contributed by atoms with van der Waals surface area (Å²) in [7, 11) is 1.42. The van der Waals surface area contributed by atoms with Crippen LogP contribution in [0.15, 0.2) is 12.3 Å². The number of hydrogen-bond acceptors (Lipinski definition) is 3. The largest absolute Gasteiger partial charge is 0.469 e. The molecule has 0 fully saturated rings. The minimum Gasteiger partial charge on any atom is -0.469 e. The monoisotopic (exact) mass is 269 g/mol. The number of carbonyl (C=O) groups excluding carboxylic acids is 1. The van der Waals surface area contributed by atoms with Crippen LogP contribution in [0, 0.1) is 0 Å². The summed E-state index contributed by atoms with van der Waals surface area (Å²) in [5.41, 5.74) is 0. The first kappa shape index (κ1) is 18.0. The van der Waals surface area contributed by atoms with E-state index in [-0.39, 0.29) is 5.97 Å². The normalized spacial score (nSPS) is 10.8. The molecule has 0 aliphatic heterocycles. The summed E-state index contributed by atoms with van der Waals surface area (Å²) in [4.78, 5) is 10.8. The van der Waals surface area contributed by atoms with Crippen LogP contribution in [0.3, 0.4) is 0 Å². The van der Waals surface area contributed by atoms with E-state index < -0.39 is 0 Å². The smallest absolute Gasteiger partial charge is 0.307 e. The maximum atomic E-state index is 10.8. The quantitative estimate of drug-likeness (QED) is 0.402. The molecular weight excluding hydrogens is 238 g/mol. The van der Waals surface area contributed by atoms with E-state index in [4.69, 9.17) is 0 Å². The molecule has 0 atom stereocenters. The van der Waals surface area contributed by atoms with Gasteiger partial charge in [0.1, 0.15) is 0 Å². The van der Waals surface area contributed by atoms with Crippen LogP contribution in [0.5, 0.6) is 0 Å². The van der Waals surface area contributed by atoms with Crippen molar-refractivity contribution in [1.82, 2.24) is 5.32 Å². The van der Waals surface area contributed by atoms with E-state index in [0.717, 1.165) is 6.42 Å². The van der Waals surface area contributed by atoms with Gasteiger partial charge in [0.25, 0.3) is 0 Å². The molecule has 0 rings (SSSR count). The average molecular weight is 269 g/mol. The van der Waals surface area contributed by atoms with E-state index in [1.165, 1.54) is 58.5 Å². The van der Waals surface area contributed by atoms with E-state index in [2.05, 4.69) is 23.1 Å². The summed E-state index contributed by atoms with van der Waals surface area (Å²) >= 11 is 0. The number of nitrogens with one attached hydrogen (secondary N) is 1. The minimum atomic E-state index is -0.163. The number of ether oxygens (including phenoxy) is 1. The lowest BCUT2D eigenvalue weighted by atomic mass is 10.1. The molecule has 0 aliphatic rings. The first-order valence-corrected chi connectivity index (χ1v) is 7.76. The number of rotatable bonds is 13. The Morgan fingerprint density at radius 2 is 1.68 bits per heavy atom. The molecule has 0 unspecified atom stereocenters. The van der Waals surface area contributed by atoms with E-state index in [1.807, 2.05) is 6.20 Å². The highest BCUT2D eigenvalue weighted by atomic mass is 16.5. The van der Waals surface area contributed by atoms with Crippen LogP contribution < -0.4 is 5.32 Å². The van der Waals surface area contributed by atoms with Gasteiger partial charge in [-0.25, -0.2) is 0 Å². The number of esters is 1. The van der Waals surface area contributed by atoms with E-state index in [9.17, 15) is 4.79 Å². The second-order valence-corrected chi connectivity index (χ2v) is 4.95. The molecule has 0 saturated carbocycles. The second kappa shape index (κ2) is 15.1. The van der Waals surface area contributed by atoms with Crippen LogP contribution in [0.2, 0.25) is 0 Å². The van der Waals surface area contributed by atoms with Gasteiger partial charge in [0.2, 0.25) is 0 Å². The van der Waals surface area contributed by atoms with E-state index in [0.29, 0.717) is 13.0 Å². The summed E-state index contributed by atoms with van der Waals surface area (Å²) in [6, 6.07) is 0.